The summed E-state index contributed by atoms with van der Waals surface area (Å²) >= 11 is 0. The molecule has 0 radical (unpaired) electrons. The maximum atomic E-state index is 11.1. The van der Waals surface area contributed by atoms with Crippen LogP contribution in [0.25, 0.3) is 0 Å². The molecule has 5 nitrogen and oxygen atoms in total. The maximum Gasteiger partial charge on any atom is 0.199 e. The number of hydrogen-bond donors (Lipinski definition) is 1. The summed E-state index contributed by atoms with van der Waals surface area (Å²) in [5.41, 5.74) is 1.26. The predicted octanol–water partition coefficient (Wildman–Crippen LogP) is 5.13. The Hall–Kier alpha value is -0.880. The molecule has 5 unspecified atom stereocenters. The van der Waals surface area contributed by atoms with E-state index >= 15 is 0 Å². The fourth-order valence-corrected chi connectivity index (χ4v) is 5.98. The Labute approximate surface area is 188 Å². The highest BCUT2D eigenvalue weighted by Crippen LogP contribution is 2.49. The van der Waals surface area contributed by atoms with Crippen LogP contribution in [0.3, 0.4) is 0 Å². The third kappa shape index (κ3) is 6.56. The van der Waals surface area contributed by atoms with Crippen LogP contribution in [0.5, 0.6) is 0 Å². The van der Waals surface area contributed by atoms with E-state index in [9.17, 15) is 5.11 Å². The second-order valence-corrected chi connectivity index (χ2v) is 10.2. The summed E-state index contributed by atoms with van der Waals surface area (Å²) in [6.07, 6.45) is 14.4. The van der Waals surface area contributed by atoms with Gasteiger partial charge in [-0.15, -0.1) is 0 Å². The van der Waals surface area contributed by atoms with Crippen molar-refractivity contribution >= 4 is 0 Å². The quantitative estimate of drug-likeness (QED) is 0.624. The molecule has 0 aromatic heterocycles. The van der Waals surface area contributed by atoms with E-state index in [1.165, 1.54) is 18.4 Å². The molecule has 4 aliphatic rings. The summed E-state index contributed by atoms with van der Waals surface area (Å²) < 4.78 is 24.5. The number of aliphatic hydroxyl groups excluding tert-OH is 1. The van der Waals surface area contributed by atoms with Crippen molar-refractivity contribution in [2.45, 2.75) is 103 Å². The highest BCUT2D eigenvalue weighted by atomic mass is 16.7. The number of fused-ring (bicyclic) bond motifs is 1. The van der Waals surface area contributed by atoms with E-state index in [2.05, 4.69) is 26.0 Å². The average molecular weight is 435 g/mol. The molecule has 3 fully saturated rings. The molecule has 4 rings (SSSR count). The highest BCUT2D eigenvalue weighted by Gasteiger charge is 2.43. The van der Waals surface area contributed by atoms with Crippen LogP contribution in [0.15, 0.2) is 23.5 Å². The maximum absolute atomic E-state index is 11.1. The normalized spacial score (nSPS) is 39.8. The molecular formula is C26H42O5. The highest BCUT2D eigenvalue weighted by molar-refractivity contribution is 5.09. The molecule has 1 saturated heterocycles. The summed E-state index contributed by atoms with van der Waals surface area (Å²) in [5, 5.41) is 11.1. The molecule has 5 heteroatoms. The van der Waals surface area contributed by atoms with Crippen molar-refractivity contribution in [3.63, 3.8) is 0 Å². The fourth-order valence-electron chi connectivity index (χ4n) is 5.98. The van der Waals surface area contributed by atoms with Gasteiger partial charge < -0.3 is 24.1 Å². The Bertz CT molecular complexity index is 619. The number of allylic oxidation sites excluding steroid dienone is 2. The van der Waals surface area contributed by atoms with Crippen molar-refractivity contribution in [2.24, 2.45) is 17.8 Å². The lowest BCUT2D eigenvalue weighted by atomic mass is 9.90. The van der Waals surface area contributed by atoms with E-state index in [0.29, 0.717) is 37.6 Å². The summed E-state index contributed by atoms with van der Waals surface area (Å²) in [7, 11) is 0. The Morgan fingerprint density at radius 3 is 2.61 bits per heavy atom. The van der Waals surface area contributed by atoms with Crippen LogP contribution in [0.4, 0.5) is 0 Å². The van der Waals surface area contributed by atoms with E-state index in [1.807, 2.05) is 0 Å². The molecule has 0 amide bonds. The lowest BCUT2D eigenvalue weighted by molar-refractivity contribution is -0.149. The van der Waals surface area contributed by atoms with Crippen LogP contribution in [-0.2, 0) is 18.9 Å². The average Bonchev–Trinajstić information content (AvgIpc) is 3.31. The topological polar surface area (TPSA) is 57.2 Å². The molecule has 31 heavy (non-hydrogen) atoms. The third-order valence-corrected chi connectivity index (χ3v) is 7.49. The Morgan fingerprint density at radius 2 is 1.81 bits per heavy atom. The Morgan fingerprint density at radius 1 is 0.935 bits per heavy atom. The SMILES string of the molecule is CC(C)=CC1CCC[C@H](O)C(OC2CCCCO2)=C[C@H]2CCC3CC(CC32)OCCO1. The van der Waals surface area contributed by atoms with Crippen molar-refractivity contribution in [3.8, 4) is 0 Å². The van der Waals surface area contributed by atoms with Gasteiger partial charge in [0, 0.05) is 6.42 Å². The van der Waals surface area contributed by atoms with Crippen LogP contribution in [0, 0.1) is 17.8 Å². The van der Waals surface area contributed by atoms with Crippen molar-refractivity contribution in [1.29, 1.82) is 0 Å². The molecule has 2 saturated carbocycles. The van der Waals surface area contributed by atoms with Crippen LogP contribution in [-0.4, -0.2) is 49.5 Å². The molecule has 0 spiro atoms. The van der Waals surface area contributed by atoms with Gasteiger partial charge in [-0.25, -0.2) is 0 Å². The summed E-state index contributed by atoms with van der Waals surface area (Å²) in [4.78, 5) is 0. The zero-order chi connectivity index (χ0) is 21.6. The number of rotatable bonds is 3. The van der Waals surface area contributed by atoms with Crippen LogP contribution in [0.2, 0.25) is 0 Å². The first-order valence-corrected chi connectivity index (χ1v) is 12.6. The molecule has 0 aromatic carbocycles. The summed E-state index contributed by atoms with van der Waals surface area (Å²) in [5.74, 6) is 2.61. The van der Waals surface area contributed by atoms with E-state index in [4.69, 9.17) is 18.9 Å². The monoisotopic (exact) mass is 434 g/mol. The van der Waals surface area contributed by atoms with Gasteiger partial charge in [0.15, 0.2) is 6.29 Å². The van der Waals surface area contributed by atoms with Crippen LogP contribution in [0.1, 0.15) is 78.1 Å². The zero-order valence-electron chi connectivity index (χ0n) is 19.5. The van der Waals surface area contributed by atoms with Gasteiger partial charge in [0.1, 0.15) is 11.9 Å². The van der Waals surface area contributed by atoms with Crippen molar-refractivity contribution < 1.29 is 24.1 Å². The van der Waals surface area contributed by atoms with E-state index < -0.39 is 6.10 Å². The minimum Gasteiger partial charge on any atom is -0.467 e. The second-order valence-electron chi connectivity index (χ2n) is 10.2. The smallest absolute Gasteiger partial charge is 0.199 e. The molecule has 2 aliphatic carbocycles. The first-order chi connectivity index (χ1) is 15.1. The van der Waals surface area contributed by atoms with Crippen molar-refractivity contribution in [1.82, 2.24) is 0 Å². The van der Waals surface area contributed by atoms with Crippen LogP contribution < -0.4 is 0 Å². The Kier molecular flexibility index (Phi) is 8.50. The first-order valence-electron chi connectivity index (χ1n) is 12.6. The van der Waals surface area contributed by atoms with Crippen LogP contribution >= 0.6 is 0 Å². The number of hydrogen-bond acceptors (Lipinski definition) is 5. The lowest BCUT2D eigenvalue weighted by Gasteiger charge is -2.28. The predicted molar refractivity (Wildman–Crippen MR) is 120 cm³/mol. The minimum atomic E-state index is -0.574. The lowest BCUT2D eigenvalue weighted by Crippen LogP contribution is -2.26. The first kappa shape index (κ1) is 23.3. The van der Waals surface area contributed by atoms with Crippen molar-refractivity contribution in [3.05, 3.63) is 23.5 Å². The molecule has 1 N–H and O–H groups in total. The van der Waals surface area contributed by atoms with E-state index in [-0.39, 0.29) is 12.4 Å². The number of aliphatic hydroxyl groups is 1. The van der Waals surface area contributed by atoms with E-state index in [0.717, 1.165) is 63.2 Å². The van der Waals surface area contributed by atoms with Gasteiger partial charge in [-0.05, 0) is 95.5 Å². The number of ether oxygens (including phenoxy) is 4. The molecule has 2 aliphatic heterocycles. The van der Waals surface area contributed by atoms with Gasteiger partial charge >= 0.3 is 0 Å². The molecule has 2 heterocycles. The van der Waals surface area contributed by atoms with Gasteiger partial charge in [-0.1, -0.05) is 11.6 Å². The largest absolute Gasteiger partial charge is 0.467 e. The Balaban J connectivity index is 1.49. The van der Waals surface area contributed by atoms with Gasteiger partial charge in [0.25, 0.3) is 0 Å². The van der Waals surface area contributed by atoms with Gasteiger partial charge in [0.2, 0.25) is 0 Å². The standard InChI is InChI=1S/C26H42O5/c1-18(2)14-21-6-5-7-24(27)25(31-26-8-3-4-11-30-26)16-20-10-9-19-15-22(17-23(19)20)29-13-12-28-21/h14,16,19-24,26-27H,3-13,15,17H2,1-2H3/t19?,20-,21?,22?,23?,24+,26?/m1/s1. The zero-order valence-corrected chi connectivity index (χ0v) is 19.5. The van der Waals surface area contributed by atoms with Gasteiger partial charge in [0.05, 0.1) is 32.0 Å². The van der Waals surface area contributed by atoms with Gasteiger partial charge in [-0.2, -0.15) is 0 Å². The fraction of sp³-hybridized carbons (Fsp3) is 0.846. The van der Waals surface area contributed by atoms with E-state index in [1.54, 1.807) is 0 Å². The summed E-state index contributed by atoms with van der Waals surface area (Å²) in [6.45, 7) is 6.28. The molecule has 2 bridgehead atoms. The molecular weight excluding hydrogens is 392 g/mol. The minimum absolute atomic E-state index is 0.0773. The molecule has 0 aromatic rings. The summed E-state index contributed by atoms with van der Waals surface area (Å²) in [6, 6.07) is 0. The third-order valence-electron chi connectivity index (χ3n) is 7.49. The van der Waals surface area contributed by atoms with Crippen molar-refractivity contribution in [2.75, 3.05) is 19.8 Å². The van der Waals surface area contributed by atoms with Gasteiger partial charge in [-0.3, -0.25) is 0 Å². The second kappa shape index (κ2) is 11.3. The molecule has 7 atom stereocenters. The molecule has 176 valence electrons.